The molecule has 0 rings (SSSR count). The Morgan fingerprint density at radius 3 is 1.90 bits per heavy atom. The number of rotatable bonds is 2. The van der Waals surface area contributed by atoms with Gasteiger partial charge in [-0.15, -0.1) is 6.58 Å². The molecule has 0 spiro atoms. The maximum atomic E-state index is 9.58. The Bertz CT molecular complexity index is 110. The van der Waals surface area contributed by atoms with Crippen LogP contribution in [-0.2, 0) is 0 Å². The molecule has 0 aromatic rings. The predicted octanol–water partition coefficient (Wildman–Crippen LogP) is 2.22. The molecule has 1 heteroatoms. The second-order valence-corrected chi connectivity index (χ2v) is 3.91. The molecule has 2 atom stereocenters. The summed E-state index contributed by atoms with van der Waals surface area (Å²) < 4.78 is 0. The lowest BCUT2D eigenvalue weighted by Crippen LogP contribution is -2.31. The van der Waals surface area contributed by atoms with E-state index in [0.29, 0.717) is 0 Å². The monoisotopic (exact) mass is 142 g/mol. The van der Waals surface area contributed by atoms with Gasteiger partial charge in [-0.25, -0.2) is 0 Å². The third kappa shape index (κ3) is 2.53. The molecular formula is C9H18O. The highest BCUT2D eigenvalue weighted by Gasteiger charge is 2.25. The molecule has 0 aliphatic rings. The minimum absolute atomic E-state index is 0.0341. The molecule has 0 saturated heterocycles. The van der Waals surface area contributed by atoms with Crippen LogP contribution in [0.1, 0.15) is 27.7 Å². The lowest BCUT2D eigenvalue weighted by molar-refractivity contribution is 0.0339. The topological polar surface area (TPSA) is 20.2 Å². The third-order valence-electron chi connectivity index (χ3n) is 1.76. The van der Waals surface area contributed by atoms with Crippen LogP contribution in [0.2, 0.25) is 0 Å². The van der Waals surface area contributed by atoms with Gasteiger partial charge in [0.1, 0.15) is 0 Å². The van der Waals surface area contributed by atoms with E-state index in [4.69, 9.17) is 0 Å². The molecule has 0 radical (unpaired) electrons. The van der Waals surface area contributed by atoms with E-state index in [1.165, 1.54) is 0 Å². The second-order valence-electron chi connectivity index (χ2n) is 3.91. The fraction of sp³-hybridized carbons (Fsp3) is 0.778. The van der Waals surface area contributed by atoms with Gasteiger partial charge in [0.05, 0.1) is 6.10 Å². The van der Waals surface area contributed by atoms with Gasteiger partial charge in [-0.2, -0.15) is 0 Å². The number of hydrogen-bond donors (Lipinski definition) is 1. The van der Waals surface area contributed by atoms with Crippen LogP contribution in [0.3, 0.4) is 0 Å². The molecule has 0 fully saturated rings. The van der Waals surface area contributed by atoms with E-state index in [-0.39, 0.29) is 17.4 Å². The molecule has 0 saturated carbocycles. The Labute approximate surface area is 63.8 Å². The van der Waals surface area contributed by atoms with E-state index in [2.05, 4.69) is 6.58 Å². The van der Waals surface area contributed by atoms with E-state index in [1.807, 2.05) is 27.7 Å². The summed E-state index contributed by atoms with van der Waals surface area (Å²) in [5.74, 6) is 0.181. The summed E-state index contributed by atoms with van der Waals surface area (Å²) in [6.45, 7) is 11.7. The van der Waals surface area contributed by atoms with Crippen molar-refractivity contribution in [1.29, 1.82) is 0 Å². The maximum Gasteiger partial charge on any atom is 0.0648 e. The highest BCUT2D eigenvalue weighted by atomic mass is 16.3. The normalized spacial score (nSPS) is 18.1. The fourth-order valence-electron chi connectivity index (χ4n) is 0.918. The van der Waals surface area contributed by atoms with E-state index >= 15 is 0 Å². The van der Waals surface area contributed by atoms with Crippen molar-refractivity contribution in [3.8, 4) is 0 Å². The van der Waals surface area contributed by atoms with Gasteiger partial charge in [0.2, 0.25) is 0 Å². The average Bonchev–Trinajstić information content (AvgIpc) is 1.83. The molecular weight excluding hydrogens is 124 g/mol. The zero-order chi connectivity index (χ0) is 8.36. The van der Waals surface area contributed by atoms with Crippen molar-refractivity contribution in [2.75, 3.05) is 0 Å². The Hall–Kier alpha value is -0.300. The fourth-order valence-corrected chi connectivity index (χ4v) is 0.918. The zero-order valence-corrected chi connectivity index (χ0v) is 7.39. The van der Waals surface area contributed by atoms with Crippen molar-refractivity contribution in [1.82, 2.24) is 0 Å². The minimum atomic E-state index is -0.287. The first-order valence-corrected chi connectivity index (χ1v) is 3.70. The molecule has 0 bridgehead atoms. The maximum absolute atomic E-state index is 9.58. The first-order chi connectivity index (χ1) is 4.39. The average molecular weight is 142 g/mol. The first-order valence-electron chi connectivity index (χ1n) is 3.70. The Morgan fingerprint density at radius 2 is 1.80 bits per heavy atom. The third-order valence-corrected chi connectivity index (χ3v) is 1.76. The Kier molecular flexibility index (Phi) is 3.10. The van der Waals surface area contributed by atoms with E-state index < -0.39 is 0 Å². The van der Waals surface area contributed by atoms with Crippen molar-refractivity contribution in [3.05, 3.63) is 12.7 Å². The van der Waals surface area contributed by atoms with Gasteiger partial charge in [-0.05, 0) is 5.41 Å². The summed E-state index contributed by atoms with van der Waals surface area (Å²) in [5.41, 5.74) is -0.0341. The van der Waals surface area contributed by atoms with Crippen molar-refractivity contribution in [3.63, 3.8) is 0 Å². The highest BCUT2D eigenvalue weighted by Crippen LogP contribution is 2.25. The Morgan fingerprint density at radius 1 is 1.40 bits per heavy atom. The summed E-state index contributed by atoms with van der Waals surface area (Å²) in [4.78, 5) is 0. The summed E-state index contributed by atoms with van der Waals surface area (Å²) >= 11 is 0. The summed E-state index contributed by atoms with van der Waals surface area (Å²) in [6, 6.07) is 0. The van der Waals surface area contributed by atoms with E-state index in [9.17, 15) is 5.11 Å². The standard InChI is InChI=1S/C9H18O/c1-6-7(2)8(10)9(3,4)5/h6-8,10H,1H2,2-5H3/t7-,8-/m1/s1. The quantitative estimate of drug-likeness (QED) is 0.586. The van der Waals surface area contributed by atoms with Crippen molar-refractivity contribution in [2.24, 2.45) is 11.3 Å². The van der Waals surface area contributed by atoms with E-state index in [1.54, 1.807) is 6.08 Å². The minimum Gasteiger partial charge on any atom is -0.392 e. The zero-order valence-electron chi connectivity index (χ0n) is 7.39. The molecule has 0 aromatic heterocycles. The SMILES string of the molecule is C=C[C@@H](C)[C@@H](O)C(C)(C)C. The van der Waals surface area contributed by atoms with Gasteiger partial charge in [0.25, 0.3) is 0 Å². The molecule has 1 N–H and O–H groups in total. The molecule has 60 valence electrons. The molecule has 0 unspecified atom stereocenters. The lowest BCUT2D eigenvalue weighted by atomic mass is 9.82. The number of hydrogen-bond acceptors (Lipinski definition) is 1. The van der Waals surface area contributed by atoms with Gasteiger partial charge < -0.3 is 5.11 Å². The lowest BCUT2D eigenvalue weighted by Gasteiger charge is -2.29. The van der Waals surface area contributed by atoms with Crippen LogP contribution in [0.5, 0.6) is 0 Å². The van der Waals surface area contributed by atoms with Gasteiger partial charge in [0.15, 0.2) is 0 Å². The van der Waals surface area contributed by atoms with Crippen LogP contribution in [0, 0.1) is 11.3 Å². The van der Waals surface area contributed by atoms with Gasteiger partial charge >= 0.3 is 0 Å². The van der Waals surface area contributed by atoms with Crippen LogP contribution < -0.4 is 0 Å². The van der Waals surface area contributed by atoms with Gasteiger partial charge in [0, 0.05) is 5.92 Å². The van der Waals surface area contributed by atoms with Crippen LogP contribution in [0.15, 0.2) is 12.7 Å². The number of aliphatic hydroxyl groups is 1. The smallest absolute Gasteiger partial charge is 0.0648 e. The summed E-state index contributed by atoms with van der Waals surface area (Å²) in [6.07, 6.45) is 1.50. The number of aliphatic hydroxyl groups excluding tert-OH is 1. The van der Waals surface area contributed by atoms with E-state index in [0.717, 1.165) is 0 Å². The molecule has 0 aliphatic carbocycles. The van der Waals surface area contributed by atoms with Crippen molar-refractivity contribution >= 4 is 0 Å². The molecule has 10 heavy (non-hydrogen) atoms. The molecule has 1 nitrogen and oxygen atoms in total. The first kappa shape index (κ1) is 9.70. The van der Waals surface area contributed by atoms with Crippen molar-refractivity contribution in [2.45, 2.75) is 33.8 Å². The van der Waals surface area contributed by atoms with Crippen LogP contribution in [0.4, 0.5) is 0 Å². The predicted molar refractivity (Wildman–Crippen MR) is 44.8 cm³/mol. The largest absolute Gasteiger partial charge is 0.392 e. The molecule has 0 aromatic carbocycles. The Balaban J connectivity index is 4.07. The van der Waals surface area contributed by atoms with Crippen LogP contribution >= 0.6 is 0 Å². The highest BCUT2D eigenvalue weighted by molar-refractivity contribution is 4.87. The summed E-state index contributed by atoms with van der Waals surface area (Å²) in [5, 5.41) is 9.58. The second kappa shape index (κ2) is 3.20. The molecule has 0 heterocycles. The van der Waals surface area contributed by atoms with Gasteiger partial charge in [-0.1, -0.05) is 33.8 Å². The van der Waals surface area contributed by atoms with Crippen molar-refractivity contribution < 1.29 is 5.11 Å². The molecule has 0 amide bonds. The van der Waals surface area contributed by atoms with Crippen LogP contribution in [0.25, 0.3) is 0 Å². The van der Waals surface area contributed by atoms with Crippen LogP contribution in [-0.4, -0.2) is 11.2 Å². The molecule has 0 aliphatic heterocycles. The van der Waals surface area contributed by atoms with Gasteiger partial charge in [-0.3, -0.25) is 0 Å². The summed E-state index contributed by atoms with van der Waals surface area (Å²) in [7, 11) is 0.